The van der Waals surface area contributed by atoms with Crippen LogP contribution in [0.2, 0.25) is 0 Å². The molecule has 0 N–H and O–H groups in total. The fourth-order valence-electron chi connectivity index (χ4n) is 4.51. The van der Waals surface area contributed by atoms with Gasteiger partial charge in [-0.05, 0) is 48.9 Å². The summed E-state index contributed by atoms with van der Waals surface area (Å²) in [5.74, 6) is 2.63. The van der Waals surface area contributed by atoms with Crippen LogP contribution in [0, 0.1) is 11.3 Å². The van der Waals surface area contributed by atoms with Crippen LogP contribution < -0.4 is 19.1 Å². The van der Waals surface area contributed by atoms with Gasteiger partial charge in [0, 0.05) is 44.0 Å². The quantitative estimate of drug-likeness (QED) is 0.350. The Morgan fingerprint density at radius 2 is 1.71 bits per heavy atom. The summed E-state index contributed by atoms with van der Waals surface area (Å²) in [7, 11) is 5.32. The molecule has 1 fully saturated rings. The average molecular weight is 511 g/mol. The molecule has 0 amide bonds. The maximum absolute atomic E-state index is 10.1. The fraction of sp³-hybridized carbons (Fsp3) is 0.310. The molecule has 38 heavy (non-hydrogen) atoms. The van der Waals surface area contributed by atoms with Crippen molar-refractivity contribution in [1.82, 2.24) is 19.9 Å². The number of rotatable bonds is 8. The minimum Gasteiger partial charge on any atom is -0.493 e. The number of methoxy groups -OCH3 is 2. The Hall–Kier alpha value is -4.42. The third-order valence-electron chi connectivity index (χ3n) is 6.75. The number of piperazine rings is 1. The Bertz CT molecular complexity index is 1460. The maximum Gasteiger partial charge on any atom is 0.212 e. The maximum atomic E-state index is 10.1. The lowest BCUT2D eigenvalue weighted by molar-refractivity contribution is 0.283. The van der Waals surface area contributed by atoms with Gasteiger partial charge in [-0.3, -0.25) is 4.98 Å². The second-order valence-electron chi connectivity index (χ2n) is 9.26. The van der Waals surface area contributed by atoms with E-state index in [0.29, 0.717) is 41.5 Å². The molecule has 0 unspecified atom stereocenters. The van der Waals surface area contributed by atoms with E-state index in [9.17, 15) is 5.26 Å². The molecule has 1 saturated heterocycles. The van der Waals surface area contributed by atoms with Gasteiger partial charge in [-0.25, -0.2) is 9.97 Å². The lowest BCUT2D eigenvalue weighted by Crippen LogP contribution is -2.44. The van der Waals surface area contributed by atoms with Crippen LogP contribution in [0.3, 0.4) is 0 Å². The van der Waals surface area contributed by atoms with Gasteiger partial charge in [-0.15, -0.1) is 0 Å². The molecule has 0 aliphatic carbocycles. The van der Waals surface area contributed by atoms with Crippen LogP contribution in [0.25, 0.3) is 11.0 Å². The minimum atomic E-state index is 0.351. The molecule has 0 bridgehead atoms. The molecule has 2 aromatic heterocycles. The minimum absolute atomic E-state index is 0.351. The first kappa shape index (κ1) is 25.2. The normalized spacial score (nSPS) is 13.8. The van der Waals surface area contributed by atoms with Crippen LogP contribution in [-0.2, 0) is 13.0 Å². The Kier molecular flexibility index (Phi) is 7.52. The Morgan fingerprint density at radius 3 is 2.42 bits per heavy atom. The van der Waals surface area contributed by atoms with Crippen LogP contribution in [0.5, 0.6) is 17.4 Å². The summed E-state index contributed by atoms with van der Waals surface area (Å²) in [4.78, 5) is 18.2. The van der Waals surface area contributed by atoms with Crippen molar-refractivity contribution >= 4 is 16.9 Å². The number of likely N-dealkylation sites (N-methyl/N-ethyl adjacent to an activating group) is 1. The molecule has 2 aromatic carbocycles. The summed E-state index contributed by atoms with van der Waals surface area (Å²) in [6.45, 7) is 4.08. The highest BCUT2D eigenvalue weighted by Gasteiger charge is 2.18. The topological polar surface area (TPSA) is 96.6 Å². The molecule has 4 aromatic rings. The summed E-state index contributed by atoms with van der Waals surface area (Å²) in [6, 6.07) is 15.8. The molecule has 1 aliphatic heterocycles. The number of fused-ring (bicyclic) bond motifs is 1. The zero-order chi connectivity index (χ0) is 26.5. The number of hydrogen-bond acceptors (Lipinski definition) is 9. The van der Waals surface area contributed by atoms with Gasteiger partial charge in [0.2, 0.25) is 5.88 Å². The molecule has 3 heterocycles. The number of nitriles is 1. The Labute approximate surface area is 222 Å². The fourth-order valence-corrected chi connectivity index (χ4v) is 4.51. The van der Waals surface area contributed by atoms with Crippen molar-refractivity contribution in [1.29, 1.82) is 5.26 Å². The first-order chi connectivity index (χ1) is 18.6. The van der Waals surface area contributed by atoms with Gasteiger partial charge in [-0.2, -0.15) is 5.26 Å². The van der Waals surface area contributed by atoms with Crippen molar-refractivity contribution in [3.8, 4) is 23.4 Å². The van der Waals surface area contributed by atoms with E-state index in [4.69, 9.17) is 19.2 Å². The molecule has 0 radical (unpaired) electrons. The number of ether oxygens (including phenoxy) is 3. The van der Waals surface area contributed by atoms with Gasteiger partial charge >= 0.3 is 0 Å². The molecule has 0 atom stereocenters. The molecule has 5 rings (SSSR count). The average Bonchev–Trinajstić information content (AvgIpc) is 2.96. The van der Waals surface area contributed by atoms with Crippen molar-refractivity contribution < 1.29 is 14.2 Å². The van der Waals surface area contributed by atoms with Crippen LogP contribution in [0.1, 0.15) is 22.3 Å². The molecule has 1 aliphatic rings. The highest BCUT2D eigenvalue weighted by Crippen LogP contribution is 2.31. The van der Waals surface area contributed by atoms with Gasteiger partial charge in [0.15, 0.2) is 11.5 Å². The zero-order valence-corrected chi connectivity index (χ0v) is 21.8. The first-order valence-electron chi connectivity index (χ1n) is 12.5. The first-order valence-corrected chi connectivity index (χ1v) is 12.5. The third-order valence-corrected chi connectivity index (χ3v) is 6.75. The van der Waals surface area contributed by atoms with E-state index in [1.54, 1.807) is 32.7 Å². The Balaban J connectivity index is 1.36. The van der Waals surface area contributed by atoms with Crippen LogP contribution in [0.4, 0.5) is 5.82 Å². The van der Waals surface area contributed by atoms with E-state index < -0.39 is 0 Å². The number of nitrogens with zero attached hydrogens (tertiary/aromatic N) is 6. The summed E-state index contributed by atoms with van der Waals surface area (Å²) in [5, 5.41) is 10.1. The van der Waals surface area contributed by atoms with E-state index >= 15 is 0 Å². The summed E-state index contributed by atoms with van der Waals surface area (Å²) in [5.41, 5.74) is 4.73. The summed E-state index contributed by atoms with van der Waals surface area (Å²) >= 11 is 0. The molecule has 0 spiro atoms. The van der Waals surface area contributed by atoms with Crippen molar-refractivity contribution in [2.24, 2.45) is 0 Å². The third kappa shape index (κ3) is 5.45. The highest BCUT2D eigenvalue weighted by molar-refractivity contribution is 5.83. The lowest BCUT2D eigenvalue weighted by Gasteiger charge is -2.33. The summed E-state index contributed by atoms with van der Waals surface area (Å²) in [6.07, 6.45) is 4.08. The lowest BCUT2D eigenvalue weighted by atomic mass is 9.98. The molecule has 194 valence electrons. The smallest absolute Gasteiger partial charge is 0.212 e. The number of hydrogen-bond donors (Lipinski definition) is 0. The standard InChI is InChI=1S/C29H30N6O3/c1-34-10-12-35(13-11-34)27-18-31-24-7-6-22(23(16-30)29(24)33-27)14-20-4-8-25(26(15-20)36-2)38-19-21-5-9-28(37-3)32-17-21/h4-9,15,17-18H,10-14,19H2,1-3H3. The second-order valence-corrected chi connectivity index (χ2v) is 9.26. The second kappa shape index (κ2) is 11.3. The molecule has 9 heteroatoms. The van der Waals surface area contributed by atoms with E-state index in [1.807, 2.05) is 36.4 Å². The molecule has 9 nitrogen and oxygen atoms in total. The summed E-state index contributed by atoms with van der Waals surface area (Å²) < 4.78 is 16.7. The van der Waals surface area contributed by atoms with Gasteiger partial charge < -0.3 is 24.0 Å². The van der Waals surface area contributed by atoms with Crippen LogP contribution in [0.15, 0.2) is 54.9 Å². The SMILES string of the molecule is COc1ccc(COc2ccc(Cc3ccc4ncc(N5CCN(C)CC5)nc4c3C#N)cc2OC)cn1. The number of benzene rings is 2. The van der Waals surface area contributed by atoms with Crippen molar-refractivity contribution in [2.45, 2.75) is 13.0 Å². The molecule has 0 saturated carbocycles. The largest absolute Gasteiger partial charge is 0.493 e. The molecular formula is C29H30N6O3. The van der Waals surface area contributed by atoms with Crippen molar-refractivity contribution in [3.05, 3.63) is 77.1 Å². The monoisotopic (exact) mass is 510 g/mol. The van der Waals surface area contributed by atoms with Gasteiger partial charge in [0.25, 0.3) is 0 Å². The van der Waals surface area contributed by atoms with Gasteiger partial charge in [0.05, 0.1) is 31.5 Å². The number of anilines is 1. The van der Waals surface area contributed by atoms with E-state index in [2.05, 4.69) is 32.9 Å². The van der Waals surface area contributed by atoms with Crippen molar-refractivity contribution in [2.75, 3.05) is 52.3 Å². The zero-order valence-electron chi connectivity index (χ0n) is 21.8. The number of pyridine rings is 1. The van der Waals surface area contributed by atoms with E-state index in [-0.39, 0.29) is 0 Å². The van der Waals surface area contributed by atoms with E-state index in [0.717, 1.165) is 54.2 Å². The van der Waals surface area contributed by atoms with E-state index in [1.165, 1.54) is 0 Å². The van der Waals surface area contributed by atoms with Crippen LogP contribution >= 0.6 is 0 Å². The van der Waals surface area contributed by atoms with Gasteiger partial charge in [0.1, 0.15) is 24.0 Å². The van der Waals surface area contributed by atoms with Gasteiger partial charge in [-0.1, -0.05) is 12.1 Å². The number of aromatic nitrogens is 3. The Morgan fingerprint density at radius 1 is 0.895 bits per heavy atom. The van der Waals surface area contributed by atoms with Crippen molar-refractivity contribution in [3.63, 3.8) is 0 Å². The predicted molar refractivity (Wildman–Crippen MR) is 145 cm³/mol. The molecular weight excluding hydrogens is 480 g/mol. The van der Waals surface area contributed by atoms with Crippen LogP contribution in [-0.4, -0.2) is 67.3 Å². The predicted octanol–water partition coefficient (Wildman–Crippen LogP) is 3.84. The highest BCUT2D eigenvalue weighted by atomic mass is 16.5.